The monoisotopic (exact) mass is 433 g/mol. The first-order valence-corrected chi connectivity index (χ1v) is 11.4. The van der Waals surface area contributed by atoms with Crippen molar-refractivity contribution in [3.63, 3.8) is 0 Å². The lowest BCUT2D eigenvalue weighted by atomic mass is 9.88. The minimum atomic E-state index is -0.325. The molecule has 1 saturated heterocycles. The van der Waals surface area contributed by atoms with Gasteiger partial charge in [0.2, 0.25) is 0 Å². The van der Waals surface area contributed by atoms with Gasteiger partial charge in [0.15, 0.2) is 0 Å². The minimum Gasteiger partial charge on any atom is -0.353 e. The van der Waals surface area contributed by atoms with Gasteiger partial charge in [-0.3, -0.25) is 9.69 Å². The number of aryl methyl sites for hydroxylation is 1. The average Bonchev–Trinajstić information content (AvgIpc) is 3.38. The highest BCUT2D eigenvalue weighted by atomic mass is 19.1. The number of halogens is 1. The molecule has 0 bridgehead atoms. The summed E-state index contributed by atoms with van der Waals surface area (Å²) >= 11 is 0. The fourth-order valence-corrected chi connectivity index (χ4v) is 4.78. The lowest BCUT2D eigenvalue weighted by Crippen LogP contribution is -2.42. The van der Waals surface area contributed by atoms with Gasteiger partial charge in [-0.15, -0.1) is 0 Å². The standard InChI is InChI=1S/C27H32FN3O/c1-20(2)31(27(32)22-11-13-24(28)14-12-22)17-23-16-30(18-25-10-7-15-29(25)3)19-26(23)21-8-5-4-6-9-21/h4-15,20,23,26H,16-19H2,1-3H3/t23-,26-/m0/s1. The molecule has 1 aliphatic rings. The molecule has 0 saturated carbocycles. The molecule has 0 aliphatic carbocycles. The van der Waals surface area contributed by atoms with Gasteiger partial charge >= 0.3 is 0 Å². The third-order valence-electron chi connectivity index (χ3n) is 6.59. The average molecular weight is 434 g/mol. The molecule has 0 spiro atoms. The van der Waals surface area contributed by atoms with Gasteiger partial charge in [-0.05, 0) is 61.7 Å². The Hall–Kier alpha value is -2.92. The van der Waals surface area contributed by atoms with Crippen LogP contribution in [0.4, 0.5) is 4.39 Å². The van der Waals surface area contributed by atoms with Crippen molar-refractivity contribution < 1.29 is 9.18 Å². The Balaban J connectivity index is 1.56. The molecular weight excluding hydrogens is 401 g/mol. The molecule has 32 heavy (non-hydrogen) atoms. The summed E-state index contributed by atoms with van der Waals surface area (Å²) in [6, 6.07) is 20.8. The second-order valence-corrected chi connectivity index (χ2v) is 9.14. The van der Waals surface area contributed by atoms with E-state index in [1.807, 2.05) is 11.0 Å². The number of hydrogen-bond donors (Lipinski definition) is 0. The van der Waals surface area contributed by atoms with E-state index in [2.05, 4.69) is 73.0 Å². The number of amides is 1. The number of carbonyl (C=O) groups excluding carboxylic acids is 1. The van der Waals surface area contributed by atoms with E-state index in [0.717, 1.165) is 19.6 Å². The molecule has 1 aromatic heterocycles. The molecule has 4 rings (SSSR count). The van der Waals surface area contributed by atoms with Gasteiger partial charge in [0.25, 0.3) is 5.91 Å². The third kappa shape index (κ3) is 4.94. The molecular formula is C27H32FN3O. The van der Waals surface area contributed by atoms with E-state index < -0.39 is 0 Å². The first-order valence-electron chi connectivity index (χ1n) is 11.4. The number of aromatic nitrogens is 1. The number of hydrogen-bond acceptors (Lipinski definition) is 2. The van der Waals surface area contributed by atoms with Crippen molar-refractivity contribution in [2.45, 2.75) is 32.4 Å². The smallest absolute Gasteiger partial charge is 0.254 e. The summed E-state index contributed by atoms with van der Waals surface area (Å²) in [6.45, 7) is 7.58. The van der Waals surface area contributed by atoms with Crippen LogP contribution in [0.5, 0.6) is 0 Å². The Morgan fingerprint density at radius 1 is 1.03 bits per heavy atom. The van der Waals surface area contributed by atoms with Crippen molar-refractivity contribution in [2.24, 2.45) is 13.0 Å². The Morgan fingerprint density at radius 3 is 2.38 bits per heavy atom. The van der Waals surface area contributed by atoms with Gasteiger partial charge in [-0.1, -0.05) is 30.3 Å². The van der Waals surface area contributed by atoms with Gasteiger partial charge in [0.05, 0.1) is 0 Å². The Labute approximate surface area is 190 Å². The van der Waals surface area contributed by atoms with Crippen LogP contribution in [0.2, 0.25) is 0 Å². The van der Waals surface area contributed by atoms with Gasteiger partial charge in [-0.25, -0.2) is 4.39 Å². The Kier molecular flexibility index (Phi) is 6.75. The second-order valence-electron chi connectivity index (χ2n) is 9.14. The van der Waals surface area contributed by atoms with Crippen LogP contribution in [0, 0.1) is 11.7 Å². The van der Waals surface area contributed by atoms with Crippen molar-refractivity contribution in [1.29, 1.82) is 0 Å². The van der Waals surface area contributed by atoms with E-state index in [0.29, 0.717) is 23.9 Å². The number of carbonyl (C=O) groups is 1. The van der Waals surface area contributed by atoms with E-state index in [4.69, 9.17) is 0 Å². The highest BCUT2D eigenvalue weighted by Gasteiger charge is 2.36. The molecule has 4 nitrogen and oxygen atoms in total. The first kappa shape index (κ1) is 22.3. The molecule has 0 unspecified atom stereocenters. The lowest BCUT2D eigenvalue weighted by molar-refractivity contribution is 0.0668. The zero-order valence-electron chi connectivity index (χ0n) is 19.1. The van der Waals surface area contributed by atoms with Gasteiger partial charge in [0.1, 0.15) is 5.82 Å². The zero-order valence-corrected chi connectivity index (χ0v) is 19.1. The largest absolute Gasteiger partial charge is 0.353 e. The highest BCUT2D eigenvalue weighted by molar-refractivity contribution is 5.94. The van der Waals surface area contributed by atoms with Crippen molar-refractivity contribution in [2.75, 3.05) is 19.6 Å². The van der Waals surface area contributed by atoms with E-state index >= 15 is 0 Å². The van der Waals surface area contributed by atoms with Gasteiger partial charge in [0, 0.05) is 62.6 Å². The summed E-state index contributed by atoms with van der Waals surface area (Å²) in [4.78, 5) is 17.7. The summed E-state index contributed by atoms with van der Waals surface area (Å²) in [5.41, 5.74) is 3.15. The van der Waals surface area contributed by atoms with Gasteiger partial charge < -0.3 is 9.47 Å². The molecule has 1 aliphatic heterocycles. The third-order valence-corrected chi connectivity index (χ3v) is 6.59. The van der Waals surface area contributed by atoms with Crippen LogP contribution >= 0.6 is 0 Å². The normalized spacial score (nSPS) is 18.9. The molecule has 3 aromatic rings. The molecule has 2 aromatic carbocycles. The van der Waals surface area contributed by atoms with Crippen LogP contribution in [0.15, 0.2) is 72.9 Å². The molecule has 0 radical (unpaired) electrons. The molecule has 2 heterocycles. The van der Waals surface area contributed by atoms with E-state index in [1.54, 1.807) is 12.1 Å². The zero-order chi connectivity index (χ0) is 22.7. The highest BCUT2D eigenvalue weighted by Crippen LogP contribution is 2.34. The van der Waals surface area contributed by atoms with E-state index in [-0.39, 0.29) is 17.8 Å². The molecule has 0 N–H and O–H groups in total. The Morgan fingerprint density at radius 2 is 1.75 bits per heavy atom. The van der Waals surface area contributed by atoms with Crippen molar-refractivity contribution in [1.82, 2.24) is 14.4 Å². The van der Waals surface area contributed by atoms with Gasteiger partial charge in [-0.2, -0.15) is 0 Å². The second kappa shape index (κ2) is 9.70. The number of likely N-dealkylation sites (tertiary alicyclic amines) is 1. The van der Waals surface area contributed by atoms with Crippen LogP contribution in [-0.2, 0) is 13.6 Å². The quantitative estimate of drug-likeness (QED) is 0.529. The predicted molar refractivity (Wildman–Crippen MR) is 126 cm³/mol. The van der Waals surface area contributed by atoms with Crippen LogP contribution in [-0.4, -0.2) is 46.0 Å². The Bertz CT molecular complexity index is 1030. The number of rotatable bonds is 7. The van der Waals surface area contributed by atoms with Crippen molar-refractivity contribution >= 4 is 5.91 Å². The number of benzene rings is 2. The summed E-state index contributed by atoms with van der Waals surface area (Å²) < 4.78 is 15.5. The predicted octanol–water partition coefficient (Wildman–Crippen LogP) is 4.93. The summed E-state index contributed by atoms with van der Waals surface area (Å²) in [5, 5.41) is 0. The molecule has 168 valence electrons. The molecule has 5 heteroatoms. The molecule has 1 fully saturated rings. The van der Waals surface area contributed by atoms with Crippen LogP contribution in [0.3, 0.4) is 0 Å². The van der Waals surface area contributed by atoms with Crippen LogP contribution in [0.25, 0.3) is 0 Å². The fraction of sp³-hybridized carbons (Fsp3) is 0.370. The molecule has 2 atom stereocenters. The molecule has 1 amide bonds. The minimum absolute atomic E-state index is 0.0345. The maximum Gasteiger partial charge on any atom is 0.254 e. The van der Waals surface area contributed by atoms with E-state index in [9.17, 15) is 9.18 Å². The number of nitrogens with zero attached hydrogens (tertiary/aromatic N) is 3. The van der Waals surface area contributed by atoms with E-state index in [1.165, 1.54) is 23.4 Å². The van der Waals surface area contributed by atoms with Crippen molar-refractivity contribution in [3.05, 3.63) is 95.6 Å². The van der Waals surface area contributed by atoms with Crippen LogP contribution in [0.1, 0.15) is 41.4 Å². The first-order chi connectivity index (χ1) is 15.4. The fourth-order valence-electron chi connectivity index (χ4n) is 4.78. The summed E-state index contributed by atoms with van der Waals surface area (Å²) in [6.07, 6.45) is 2.08. The summed E-state index contributed by atoms with van der Waals surface area (Å²) in [7, 11) is 2.08. The summed E-state index contributed by atoms with van der Waals surface area (Å²) in [5.74, 6) is 0.324. The maximum absolute atomic E-state index is 13.4. The maximum atomic E-state index is 13.4. The van der Waals surface area contributed by atoms with Crippen molar-refractivity contribution in [3.8, 4) is 0 Å². The SMILES string of the molecule is CC(C)N(C[C@@H]1CN(Cc2cccn2C)C[C@H]1c1ccccc1)C(=O)c1ccc(F)cc1. The lowest BCUT2D eigenvalue weighted by Gasteiger charge is -2.32. The topological polar surface area (TPSA) is 28.5 Å². The van der Waals surface area contributed by atoms with Crippen LogP contribution < -0.4 is 0 Å².